The van der Waals surface area contributed by atoms with Gasteiger partial charge in [-0.15, -0.1) is 0 Å². The van der Waals surface area contributed by atoms with Crippen LogP contribution in [0.2, 0.25) is 10.0 Å². The van der Waals surface area contributed by atoms with Crippen LogP contribution in [0.3, 0.4) is 0 Å². The van der Waals surface area contributed by atoms with Crippen LogP contribution in [-0.2, 0) is 11.3 Å². The van der Waals surface area contributed by atoms with Gasteiger partial charge in [-0.25, -0.2) is 0 Å². The van der Waals surface area contributed by atoms with E-state index in [1.54, 1.807) is 24.3 Å². The van der Waals surface area contributed by atoms with Crippen molar-refractivity contribution in [3.05, 3.63) is 57.6 Å². The average molecular weight is 582 g/mol. The quantitative estimate of drug-likeness (QED) is 0.396. The highest BCUT2D eigenvalue weighted by atomic mass is 35.5. The molecule has 2 amide bonds. The number of rotatable bonds is 5. The highest BCUT2D eigenvalue weighted by molar-refractivity contribution is 6.36. The molecule has 210 valence electrons. The monoisotopic (exact) mass is 581 g/mol. The Morgan fingerprint density at radius 2 is 1.46 bits per heavy atom. The van der Waals surface area contributed by atoms with Gasteiger partial charge >= 0.3 is 6.18 Å². The highest BCUT2D eigenvalue weighted by Crippen LogP contribution is 2.36. The number of carbonyl (C=O) groups is 2. The fourth-order valence-electron chi connectivity index (χ4n) is 5.96. The van der Waals surface area contributed by atoms with Crippen molar-refractivity contribution in [1.29, 1.82) is 0 Å². The Kier molecular flexibility index (Phi) is 8.45. The summed E-state index contributed by atoms with van der Waals surface area (Å²) in [5, 5.41) is 0.943. The third kappa shape index (κ3) is 6.23. The van der Waals surface area contributed by atoms with Gasteiger partial charge in [0, 0.05) is 47.4 Å². The van der Waals surface area contributed by atoms with Crippen LogP contribution in [0.15, 0.2) is 36.4 Å². The van der Waals surface area contributed by atoms with Crippen LogP contribution < -0.4 is 0 Å². The topological polar surface area (TPSA) is 43.9 Å². The summed E-state index contributed by atoms with van der Waals surface area (Å²) >= 11 is 13.3. The summed E-state index contributed by atoms with van der Waals surface area (Å²) in [6, 6.07) is 10.5. The molecule has 3 aliphatic heterocycles. The summed E-state index contributed by atoms with van der Waals surface area (Å²) < 4.78 is 38.8. The van der Waals surface area contributed by atoms with E-state index < -0.39 is 12.1 Å². The number of hydrogen-bond donors (Lipinski definition) is 0. The molecular weight excluding hydrogens is 550 g/mol. The predicted octanol–water partition coefficient (Wildman–Crippen LogP) is 6.66. The van der Waals surface area contributed by atoms with Crippen molar-refractivity contribution in [2.24, 2.45) is 5.92 Å². The molecule has 1 atom stereocenters. The molecule has 2 aromatic carbocycles. The highest BCUT2D eigenvalue weighted by Gasteiger charge is 2.42. The van der Waals surface area contributed by atoms with Crippen LogP contribution in [0.1, 0.15) is 54.4 Å². The molecule has 5 rings (SSSR count). The van der Waals surface area contributed by atoms with E-state index in [2.05, 4.69) is 4.90 Å². The van der Waals surface area contributed by atoms with Gasteiger partial charge in [-0.1, -0.05) is 41.8 Å². The third-order valence-electron chi connectivity index (χ3n) is 8.30. The van der Waals surface area contributed by atoms with Crippen molar-refractivity contribution in [2.45, 2.75) is 57.3 Å². The van der Waals surface area contributed by atoms with E-state index in [4.69, 9.17) is 23.2 Å². The Hall–Kier alpha value is -2.29. The lowest BCUT2D eigenvalue weighted by atomic mass is 9.95. The van der Waals surface area contributed by atoms with Gasteiger partial charge in [0.05, 0.1) is 12.0 Å². The summed E-state index contributed by atoms with van der Waals surface area (Å²) in [7, 11) is 0. The first kappa shape index (κ1) is 28.2. The molecule has 3 saturated heterocycles. The van der Waals surface area contributed by atoms with Gasteiger partial charge in [0.25, 0.3) is 5.91 Å². The molecule has 3 heterocycles. The minimum atomic E-state index is -4.21. The van der Waals surface area contributed by atoms with Crippen molar-refractivity contribution in [3.8, 4) is 11.1 Å². The van der Waals surface area contributed by atoms with Crippen LogP contribution >= 0.6 is 23.2 Å². The molecule has 2 aromatic rings. The number of halogens is 5. The summed E-state index contributed by atoms with van der Waals surface area (Å²) in [5.41, 5.74) is 2.72. The number of likely N-dealkylation sites (tertiary alicyclic amines) is 3. The Morgan fingerprint density at radius 3 is 2.05 bits per heavy atom. The normalized spacial score (nSPS) is 21.6. The Morgan fingerprint density at radius 1 is 0.846 bits per heavy atom. The van der Waals surface area contributed by atoms with Gasteiger partial charge in [0.1, 0.15) is 0 Å². The van der Waals surface area contributed by atoms with Crippen LogP contribution in [0.5, 0.6) is 0 Å². The standard InChI is InChI=1S/C29H32Cl2F3N3O2/c30-24-16-21(17-25(31)23(24)18-37-15-10-26(28(37)39)35-11-2-1-3-12-35)19-4-6-20(7-5-19)27(38)36-13-8-22(9-14-36)29(32,33)34/h4-7,16-17,22,26H,1-3,8-15,18H2. The minimum Gasteiger partial charge on any atom is -0.339 e. The molecule has 3 fully saturated rings. The second kappa shape index (κ2) is 11.7. The van der Waals surface area contributed by atoms with Gasteiger partial charge in [-0.05, 0) is 80.6 Å². The summed E-state index contributed by atoms with van der Waals surface area (Å²) in [6.45, 7) is 3.17. The number of nitrogens with zero attached hydrogens (tertiary/aromatic N) is 3. The number of piperidine rings is 2. The maximum atomic E-state index is 13.1. The summed E-state index contributed by atoms with van der Waals surface area (Å²) in [6.07, 6.45) is -0.0393. The first-order valence-electron chi connectivity index (χ1n) is 13.6. The van der Waals surface area contributed by atoms with E-state index in [-0.39, 0.29) is 43.8 Å². The van der Waals surface area contributed by atoms with Gasteiger partial charge in [0.15, 0.2) is 0 Å². The summed E-state index contributed by atoms with van der Waals surface area (Å²) in [5.74, 6) is -1.48. The molecule has 39 heavy (non-hydrogen) atoms. The molecular formula is C29H32Cl2F3N3O2. The number of hydrogen-bond acceptors (Lipinski definition) is 3. The molecule has 0 saturated carbocycles. The first-order valence-corrected chi connectivity index (χ1v) is 14.3. The van der Waals surface area contributed by atoms with Gasteiger partial charge in [0.2, 0.25) is 5.91 Å². The molecule has 0 spiro atoms. The maximum Gasteiger partial charge on any atom is 0.391 e. The first-order chi connectivity index (χ1) is 18.6. The van der Waals surface area contributed by atoms with Gasteiger partial charge < -0.3 is 9.80 Å². The molecule has 10 heteroatoms. The zero-order chi connectivity index (χ0) is 27.7. The van der Waals surface area contributed by atoms with Crippen molar-refractivity contribution in [1.82, 2.24) is 14.7 Å². The van der Waals surface area contributed by atoms with E-state index in [0.717, 1.165) is 43.5 Å². The molecule has 3 aliphatic rings. The van der Waals surface area contributed by atoms with E-state index in [0.29, 0.717) is 34.3 Å². The van der Waals surface area contributed by atoms with Crippen molar-refractivity contribution < 1.29 is 22.8 Å². The fourth-order valence-corrected chi connectivity index (χ4v) is 6.56. The molecule has 1 unspecified atom stereocenters. The van der Waals surface area contributed by atoms with E-state index in [1.807, 2.05) is 17.0 Å². The molecule has 0 N–H and O–H groups in total. The molecule has 0 bridgehead atoms. The Balaban J connectivity index is 1.23. The Bertz CT molecular complexity index is 1180. The van der Waals surface area contributed by atoms with Crippen LogP contribution in [0.4, 0.5) is 13.2 Å². The fraction of sp³-hybridized carbons (Fsp3) is 0.517. The van der Waals surface area contributed by atoms with Crippen molar-refractivity contribution in [2.75, 3.05) is 32.7 Å². The lowest BCUT2D eigenvalue weighted by Crippen LogP contribution is -2.44. The summed E-state index contributed by atoms with van der Waals surface area (Å²) in [4.78, 5) is 31.6. The van der Waals surface area contributed by atoms with Crippen LogP contribution in [0.25, 0.3) is 11.1 Å². The maximum absolute atomic E-state index is 13.1. The van der Waals surface area contributed by atoms with Crippen LogP contribution in [-0.4, -0.2) is 71.5 Å². The lowest BCUT2D eigenvalue weighted by Gasteiger charge is -2.33. The van der Waals surface area contributed by atoms with E-state index >= 15 is 0 Å². The van der Waals surface area contributed by atoms with Crippen LogP contribution in [0, 0.1) is 5.92 Å². The second-order valence-electron chi connectivity index (χ2n) is 10.8. The zero-order valence-electron chi connectivity index (χ0n) is 21.7. The number of alkyl halides is 3. The zero-order valence-corrected chi connectivity index (χ0v) is 23.2. The van der Waals surface area contributed by atoms with E-state index in [9.17, 15) is 22.8 Å². The lowest BCUT2D eigenvalue weighted by molar-refractivity contribution is -0.183. The minimum absolute atomic E-state index is 0.0562. The van der Waals surface area contributed by atoms with E-state index in [1.165, 1.54) is 11.3 Å². The third-order valence-corrected chi connectivity index (χ3v) is 8.98. The largest absolute Gasteiger partial charge is 0.391 e. The smallest absolute Gasteiger partial charge is 0.339 e. The van der Waals surface area contributed by atoms with Gasteiger partial charge in [-0.2, -0.15) is 13.2 Å². The number of benzene rings is 2. The second-order valence-corrected chi connectivity index (χ2v) is 11.6. The molecule has 0 radical (unpaired) electrons. The number of carbonyl (C=O) groups excluding carboxylic acids is 2. The van der Waals surface area contributed by atoms with Crippen molar-refractivity contribution >= 4 is 35.0 Å². The molecule has 0 aromatic heterocycles. The number of amides is 2. The SMILES string of the molecule is O=C(c1ccc(-c2cc(Cl)c(CN3CCC(N4CCCCC4)C3=O)c(Cl)c2)cc1)N1CCC(C(F)(F)F)CC1. The van der Waals surface area contributed by atoms with Crippen molar-refractivity contribution in [3.63, 3.8) is 0 Å². The van der Waals surface area contributed by atoms with Gasteiger partial charge in [-0.3, -0.25) is 14.5 Å². The Labute approximate surface area is 236 Å². The average Bonchev–Trinajstić information content (AvgIpc) is 3.30. The molecule has 0 aliphatic carbocycles. The predicted molar refractivity (Wildman–Crippen MR) is 146 cm³/mol. The molecule has 5 nitrogen and oxygen atoms in total.